The van der Waals surface area contributed by atoms with Crippen LogP contribution in [-0.4, -0.2) is 22.4 Å². The average Bonchev–Trinajstić information content (AvgIpc) is 2.95. The summed E-state index contributed by atoms with van der Waals surface area (Å²) >= 11 is 0. The molecule has 0 saturated carbocycles. The van der Waals surface area contributed by atoms with Crippen molar-refractivity contribution in [1.82, 2.24) is 15.3 Å². The third kappa shape index (κ3) is 3.44. The first-order chi connectivity index (χ1) is 10.3. The summed E-state index contributed by atoms with van der Waals surface area (Å²) in [5.41, 5.74) is 3.11. The van der Waals surface area contributed by atoms with Crippen LogP contribution in [0.2, 0.25) is 0 Å². The van der Waals surface area contributed by atoms with E-state index in [1.807, 2.05) is 17.0 Å². The molecule has 1 aliphatic heterocycles. The molecule has 3 rings (SSSR count). The predicted octanol–water partition coefficient (Wildman–Crippen LogP) is 1.89. The second-order valence-electron chi connectivity index (χ2n) is 5.12. The number of carbonyl (C=O) groups excluding carboxylic acids is 1. The summed E-state index contributed by atoms with van der Waals surface area (Å²) < 4.78 is 0. The zero-order valence-corrected chi connectivity index (χ0v) is 11.8. The number of nitrogens with one attached hydrogen (secondary N) is 1. The normalized spacial score (nSPS) is 14.7. The fourth-order valence-corrected chi connectivity index (χ4v) is 2.47. The van der Waals surface area contributed by atoms with Gasteiger partial charge in [-0.2, -0.15) is 0 Å². The number of anilines is 1. The van der Waals surface area contributed by atoms with Gasteiger partial charge in [0.2, 0.25) is 5.91 Å². The number of amides is 1. The van der Waals surface area contributed by atoms with E-state index in [0.29, 0.717) is 13.0 Å². The fourth-order valence-electron chi connectivity index (χ4n) is 2.47. The maximum atomic E-state index is 11.7. The van der Waals surface area contributed by atoms with Crippen LogP contribution in [0.25, 0.3) is 0 Å². The van der Waals surface area contributed by atoms with Gasteiger partial charge in [0.15, 0.2) is 0 Å². The van der Waals surface area contributed by atoms with E-state index in [-0.39, 0.29) is 5.91 Å². The zero-order chi connectivity index (χ0) is 14.5. The van der Waals surface area contributed by atoms with Crippen LogP contribution in [0.3, 0.4) is 0 Å². The standard InChI is InChI=1S/C16H18N4O/c21-16-2-1-9-20(16)15-5-3-13(4-6-15)10-18-12-14-11-17-7-8-19-14/h3-8,11,18H,1-2,9-10,12H2. The van der Waals surface area contributed by atoms with Crippen LogP contribution in [-0.2, 0) is 17.9 Å². The van der Waals surface area contributed by atoms with Crippen LogP contribution < -0.4 is 10.2 Å². The van der Waals surface area contributed by atoms with Crippen molar-refractivity contribution in [3.63, 3.8) is 0 Å². The van der Waals surface area contributed by atoms with Crippen molar-refractivity contribution in [1.29, 1.82) is 0 Å². The van der Waals surface area contributed by atoms with Gasteiger partial charge in [0.1, 0.15) is 0 Å². The van der Waals surface area contributed by atoms with Crippen molar-refractivity contribution < 1.29 is 4.79 Å². The summed E-state index contributed by atoms with van der Waals surface area (Å²) in [5.74, 6) is 0.225. The summed E-state index contributed by atoms with van der Waals surface area (Å²) in [5, 5.41) is 3.33. The number of hydrogen-bond acceptors (Lipinski definition) is 4. The topological polar surface area (TPSA) is 58.1 Å². The second kappa shape index (κ2) is 6.45. The monoisotopic (exact) mass is 282 g/mol. The Hall–Kier alpha value is -2.27. The molecular formula is C16H18N4O. The molecule has 0 spiro atoms. The van der Waals surface area contributed by atoms with Gasteiger partial charge in [-0.15, -0.1) is 0 Å². The van der Waals surface area contributed by atoms with Crippen LogP contribution in [0.5, 0.6) is 0 Å². The Labute approximate surface area is 124 Å². The lowest BCUT2D eigenvalue weighted by atomic mass is 10.2. The molecule has 1 aromatic carbocycles. The third-order valence-electron chi connectivity index (χ3n) is 3.57. The molecular weight excluding hydrogens is 264 g/mol. The smallest absolute Gasteiger partial charge is 0.227 e. The molecule has 1 fully saturated rings. The number of benzene rings is 1. The zero-order valence-electron chi connectivity index (χ0n) is 11.8. The van der Waals surface area contributed by atoms with Crippen molar-refractivity contribution in [3.8, 4) is 0 Å². The van der Waals surface area contributed by atoms with Crippen LogP contribution in [0, 0.1) is 0 Å². The first kappa shape index (κ1) is 13.7. The van der Waals surface area contributed by atoms with E-state index in [0.717, 1.165) is 30.9 Å². The van der Waals surface area contributed by atoms with Crippen LogP contribution >= 0.6 is 0 Å². The number of rotatable bonds is 5. The molecule has 2 heterocycles. The molecule has 1 saturated heterocycles. The fraction of sp³-hybridized carbons (Fsp3) is 0.312. The summed E-state index contributed by atoms with van der Waals surface area (Å²) in [6, 6.07) is 8.15. The van der Waals surface area contributed by atoms with E-state index in [4.69, 9.17) is 0 Å². The van der Waals surface area contributed by atoms with Crippen LogP contribution in [0.1, 0.15) is 24.1 Å². The minimum absolute atomic E-state index is 0.225. The summed E-state index contributed by atoms with van der Waals surface area (Å²) in [4.78, 5) is 21.8. The van der Waals surface area contributed by atoms with Gasteiger partial charge in [0.25, 0.3) is 0 Å². The Morgan fingerprint density at radius 3 is 2.67 bits per heavy atom. The minimum atomic E-state index is 0.225. The molecule has 0 atom stereocenters. The highest BCUT2D eigenvalue weighted by molar-refractivity contribution is 5.95. The Morgan fingerprint density at radius 1 is 1.14 bits per heavy atom. The van der Waals surface area contributed by atoms with Crippen LogP contribution in [0.15, 0.2) is 42.9 Å². The Kier molecular flexibility index (Phi) is 4.21. The average molecular weight is 282 g/mol. The first-order valence-electron chi connectivity index (χ1n) is 7.18. The number of carbonyl (C=O) groups is 1. The molecule has 5 heteroatoms. The van der Waals surface area contributed by atoms with E-state index in [1.54, 1.807) is 18.6 Å². The quantitative estimate of drug-likeness (QED) is 0.910. The first-order valence-corrected chi connectivity index (χ1v) is 7.18. The molecule has 108 valence electrons. The highest BCUT2D eigenvalue weighted by Gasteiger charge is 2.21. The third-order valence-corrected chi connectivity index (χ3v) is 3.57. The molecule has 5 nitrogen and oxygen atoms in total. The maximum Gasteiger partial charge on any atom is 0.227 e. The van der Waals surface area contributed by atoms with E-state index < -0.39 is 0 Å². The lowest BCUT2D eigenvalue weighted by Crippen LogP contribution is -2.23. The minimum Gasteiger partial charge on any atom is -0.312 e. The Bertz CT molecular complexity index is 597. The van der Waals surface area contributed by atoms with E-state index in [9.17, 15) is 4.79 Å². The predicted molar refractivity (Wildman–Crippen MR) is 80.6 cm³/mol. The maximum absolute atomic E-state index is 11.7. The van der Waals surface area contributed by atoms with Gasteiger partial charge in [-0.25, -0.2) is 0 Å². The molecule has 1 aromatic heterocycles. The van der Waals surface area contributed by atoms with E-state index in [1.165, 1.54) is 5.56 Å². The lowest BCUT2D eigenvalue weighted by molar-refractivity contribution is -0.117. The van der Waals surface area contributed by atoms with Gasteiger partial charge in [-0.3, -0.25) is 14.8 Å². The molecule has 1 aliphatic rings. The van der Waals surface area contributed by atoms with Gasteiger partial charge < -0.3 is 10.2 Å². The van der Waals surface area contributed by atoms with Crippen molar-refractivity contribution in [3.05, 3.63) is 54.1 Å². The number of aromatic nitrogens is 2. The largest absolute Gasteiger partial charge is 0.312 e. The second-order valence-corrected chi connectivity index (χ2v) is 5.12. The molecule has 21 heavy (non-hydrogen) atoms. The number of hydrogen-bond donors (Lipinski definition) is 1. The van der Waals surface area contributed by atoms with Gasteiger partial charge in [-0.05, 0) is 24.1 Å². The molecule has 0 aliphatic carbocycles. The van der Waals surface area contributed by atoms with Crippen molar-refractivity contribution in [2.75, 3.05) is 11.4 Å². The van der Waals surface area contributed by atoms with E-state index in [2.05, 4.69) is 27.4 Å². The number of nitrogens with zero attached hydrogens (tertiary/aromatic N) is 3. The van der Waals surface area contributed by atoms with Crippen molar-refractivity contribution in [2.45, 2.75) is 25.9 Å². The molecule has 2 aromatic rings. The SMILES string of the molecule is O=C1CCCN1c1ccc(CNCc2cnccn2)cc1. The highest BCUT2D eigenvalue weighted by atomic mass is 16.2. The van der Waals surface area contributed by atoms with Crippen LogP contribution in [0.4, 0.5) is 5.69 Å². The van der Waals surface area contributed by atoms with Crippen molar-refractivity contribution >= 4 is 11.6 Å². The Morgan fingerprint density at radius 2 is 2.00 bits per heavy atom. The van der Waals surface area contributed by atoms with Gasteiger partial charge in [0, 0.05) is 50.3 Å². The Balaban J connectivity index is 1.54. The van der Waals surface area contributed by atoms with Gasteiger partial charge in [0.05, 0.1) is 5.69 Å². The van der Waals surface area contributed by atoms with Crippen molar-refractivity contribution in [2.24, 2.45) is 0 Å². The molecule has 0 bridgehead atoms. The van der Waals surface area contributed by atoms with Gasteiger partial charge >= 0.3 is 0 Å². The lowest BCUT2D eigenvalue weighted by Gasteiger charge is -2.16. The summed E-state index contributed by atoms with van der Waals surface area (Å²) in [6.07, 6.45) is 6.75. The van der Waals surface area contributed by atoms with Gasteiger partial charge in [-0.1, -0.05) is 12.1 Å². The highest BCUT2D eigenvalue weighted by Crippen LogP contribution is 2.21. The molecule has 1 amide bonds. The molecule has 0 radical (unpaired) electrons. The summed E-state index contributed by atoms with van der Waals surface area (Å²) in [7, 11) is 0. The molecule has 1 N–H and O–H groups in total. The van der Waals surface area contributed by atoms with E-state index >= 15 is 0 Å². The molecule has 0 unspecified atom stereocenters. The summed E-state index contributed by atoms with van der Waals surface area (Å²) in [6.45, 7) is 2.30.